The largest absolute Gasteiger partial charge is 0.315 e. The quantitative estimate of drug-likeness (QED) is 0.852. The van der Waals surface area contributed by atoms with Crippen LogP contribution in [0, 0.1) is 18.8 Å². The summed E-state index contributed by atoms with van der Waals surface area (Å²) in [6, 6.07) is 0. The summed E-state index contributed by atoms with van der Waals surface area (Å²) in [4.78, 5) is 13.2. The summed E-state index contributed by atoms with van der Waals surface area (Å²) in [5, 5.41) is 0. The Morgan fingerprint density at radius 2 is 1.94 bits per heavy atom. The van der Waals surface area contributed by atoms with Gasteiger partial charge in [-0.3, -0.25) is 4.79 Å². The van der Waals surface area contributed by atoms with Gasteiger partial charge in [-0.2, -0.15) is 0 Å². The predicted molar refractivity (Wildman–Crippen MR) is 68.9 cm³/mol. The van der Waals surface area contributed by atoms with Gasteiger partial charge in [-0.1, -0.05) is 32.1 Å². The normalized spacial score (nSPS) is 14.2. The van der Waals surface area contributed by atoms with Gasteiger partial charge < -0.3 is 4.98 Å². The smallest absolute Gasteiger partial charge is 0.305 e. The van der Waals surface area contributed by atoms with Gasteiger partial charge in [-0.05, 0) is 18.8 Å². The number of H-pyrrole nitrogens is 1. The molecule has 2 N–H and O–H groups in total. The fraction of sp³-hybridized carbons (Fsp3) is 0.700. The van der Waals surface area contributed by atoms with Gasteiger partial charge in [0.25, 0.3) is 10.0 Å². The number of sulfonamides is 1. The van der Waals surface area contributed by atoms with Crippen LogP contribution in [0.2, 0.25) is 0 Å². The number of aromatic amines is 1. The number of hydrogen-bond acceptors (Lipinski definition) is 4. The van der Waals surface area contributed by atoms with Crippen LogP contribution >= 0.6 is 11.3 Å². The number of hydrogen-bond donors (Lipinski definition) is 2. The van der Waals surface area contributed by atoms with E-state index in [0.29, 0.717) is 18.2 Å². The van der Waals surface area contributed by atoms with Crippen molar-refractivity contribution in [1.29, 1.82) is 0 Å². The number of aromatic nitrogens is 1. The molecule has 0 aliphatic rings. The summed E-state index contributed by atoms with van der Waals surface area (Å²) < 4.78 is 26.5. The summed E-state index contributed by atoms with van der Waals surface area (Å²) in [7, 11) is -3.56. The molecule has 0 bridgehead atoms. The standard InChI is InChI=1S/C10H18N2O3S2/c1-6(2)7(3)5-11-17(14,15)9-8(4)12-10(13)16-9/h6-7,11H,5H2,1-4H3,(H,12,13). The van der Waals surface area contributed by atoms with Crippen molar-refractivity contribution >= 4 is 21.4 Å². The molecule has 1 aromatic heterocycles. The maximum atomic E-state index is 11.9. The fourth-order valence-corrected chi connectivity index (χ4v) is 3.68. The Labute approximate surface area is 105 Å². The van der Waals surface area contributed by atoms with Crippen LogP contribution in [0.25, 0.3) is 0 Å². The summed E-state index contributed by atoms with van der Waals surface area (Å²) in [5.41, 5.74) is 0.393. The molecule has 0 saturated carbocycles. The Balaban J connectivity index is 2.83. The maximum absolute atomic E-state index is 11.9. The highest BCUT2D eigenvalue weighted by Gasteiger charge is 2.21. The molecule has 0 aromatic carbocycles. The molecule has 1 heterocycles. The van der Waals surface area contributed by atoms with Crippen LogP contribution in [0.3, 0.4) is 0 Å². The van der Waals surface area contributed by atoms with E-state index in [9.17, 15) is 13.2 Å². The lowest BCUT2D eigenvalue weighted by Gasteiger charge is -2.15. The number of rotatable bonds is 5. The number of thiazole rings is 1. The van der Waals surface area contributed by atoms with E-state index < -0.39 is 10.0 Å². The van der Waals surface area contributed by atoms with Gasteiger partial charge in [0.15, 0.2) is 4.21 Å². The van der Waals surface area contributed by atoms with E-state index >= 15 is 0 Å². The molecule has 98 valence electrons. The minimum Gasteiger partial charge on any atom is -0.315 e. The first-order chi connectivity index (χ1) is 7.74. The van der Waals surface area contributed by atoms with Crippen LogP contribution in [0.4, 0.5) is 0 Å². The van der Waals surface area contributed by atoms with E-state index in [1.54, 1.807) is 6.92 Å². The first-order valence-corrected chi connectivity index (χ1v) is 7.73. The van der Waals surface area contributed by atoms with E-state index in [1.807, 2.05) is 20.8 Å². The van der Waals surface area contributed by atoms with Crippen molar-refractivity contribution in [2.24, 2.45) is 11.8 Å². The third-order valence-electron chi connectivity index (χ3n) is 2.76. The molecule has 5 nitrogen and oxygen atoms in total. The topological polar surface area (TPSA) is 79.0 Å². The van der Waals surface area contributed by atoms with Gasteiger partial charge in [0.1, 0.15) is 0 Å². The minimum absolute atomic E-state index is 0.0819. The molecule has 1 rings (SSSR count). The van der Waals surface area contributed by atoms with E-state index in [0.717, 1.165) is 11.3 Å². The third-order valence-corrected chi connectivity index (χ3v) is 5.79. The second-order valence-corrected chi connectivity index (χ2v) is 7.45. The summed E-state index contributed by atoms with van der Waals surface area (Å²) in [5.74, 6) is 0.657. The molecule has 0 spiro atoms. The zero-order valence-corrected chi connectivity index (χ0v) is 12.0. The minimum atomic E-state index is -3.56. The van der Waals surface area contributed by atoms with Crippen molar-refractivity contribution in [3.05, 3.63) is 15.4 Å². The Kier molecular flexibility index (Phi) is 4.51. The zero-order valence-electron chi connectivity index (χ0n) is 10.4. The van der Waals surface area contributed by atoms with Crippen molar-refractivity contribution in [2.45, 2.75) is 31.9 Å². The van der Waals surface area contributed by atoms with Crippen molar-refractivity contribution < 1.29 is 8.42 Å². The summed E-state index contributed by atoms with van der Waals surface area (Å²) >= 11 is 0.720. The maximum Gasteiger partial charge on any atom is 0.305 e. The monoisotopic (exact) mass is 278 g/mol. The van der Waals surface area contributed by atoms with Crippen LogP contribution in [-0.4, -0.2) is 19.9 Å². The molecule has 0 fully saturated rings. The molecule has 1 atom stereocenters. The van der Waals surface area contributed by atoms with Crippen LogP contribution < -0.4 is 9.60 Å². The van der Waals surface area contributed by atoms with E-state index in [2.05, 4.69) is 9.71 Å². The highest BCUT2D eigenvalue weighted by Crippen LogP contribution is 2.16. The molecule has 0 aliphatic carbocycles. The molecule has 17 heavy (non-hydrogen) atoms. The lowest BCUT2D eigenvalue weighted by molar-refractivity contribution is 0.415. The molecule has 0 saturated heterocycles. The van der Waals surface area contributed by atoms with E-state index in [4.69, 9.17) is 0 Å². The molecule has 1 unspecified atom stereocenters. The Bertz CT molecular complexity index is 528. The molecule has 1 aromatic rings. The van der Waals surface area contributed by atoms with Crippen LogP contribution in [0.5, 0.6) is 0 Å². The first kappa shape index (κ1) is 14.4. The van der Waals surface area contributed by atoms with Crippen LogP contribution in [0.15, 0.2) is 9.00 Å². The predicted octanol–water partition coefficient (Wildman–Crippen LogP) is 1.32. The van der Waals surface area contributed by atoms with Crippen LogP contribution in [-0.2, 0) is 10.0 Å². The second-order valence-electron chi connectivity index (χ2n) is 4.50. The van der Waals surface area contributed by atoms with Gasteiger partial charge in [0, 0.05) is 12.2 Å². The fourth-order valence-electron chi connectivity index (χ4n) is 1.19. The Hall–Kier alpha value is -0.660. The molecular formula is C10H18N2O3S2. The average molecular weight is 278 g/mol. The van der Waals surface area contributed by atoms with Gasteiger partial charge >= 0.3 is 4.87 Å². The number of aryl methyl sites for hydroxylation is 1. The molecule has 0 aliphatic heterocycles. The van der Waals surface area contributed by atoms with Gasteiger partial charge in [0.05, 0.1) is 0 Å². The first-order valence-electron chi connectivity index (χ1n) is 5.43. The molecule has 7 heteroatoms. The van der Waals surface area contributed by atoms with Gasteiger partial charge in [-0.15, -0.1) is 0 Å². The van der Waals surface area contributed by atoms with E-state index in [1.165, 1.54) is 0 Å². The lowest BCUT2D eigenvalue weighted by atomic mass is 9.99. The molecular weight excluding hydrogens is 260 g/mol. The highest BCUT2D eigenvalue weighted by molar-refractivity contribution is 7.91. The Morgan fingerprint density at radius 1 is 1.35 bits per heavy atom. The van der Waals surface area contributed by atoms with E-state index in [-0.39, 0.29) is 15.0 Å². The third kappa shape index (κ3) is 3.65. The van der Waals surface area contributed by atoms with Crippen LogP contribution in [0.1, 0.15) is 26.5 Å². The highest BCUT2D eigenvalue weighted by atomic mass is 32.2. The van der Waals surface area contributed by atoms with Crippen molar-refractivity contribution in [3.8, 4) is 0 Å². The molecule has 0 radical (unpaired) electrons. The van der Waals surface area contributed by atoms with Crippen molar-refractivity contribution in [2.75, 3.05) is 6.54 Å². The number of nitrogens with one attached hydrogen (secondary N) is 2. The lowest BCUT2D eigenvalue weighted by Crippen LogP contribution is -2.30. The van der Waals surface area contributed by atoms with Gasteiger partial charge in [-0.25, -0.2) is 13.1 Å². The molecule has 0 amide bonds. The zero-order chi connectivity index (χ0) is 13.2. The second kappa shape index (κ2) is 5.32. The summed E-state index contributed by atoms with van der Waals surface area (Å²) in [6.45, 7) is 8.03. The van der Waals surface area contributed by atoms with Gasteiger partial charge in [0.2, 0.25) is 0 Å². The van der Waals surface area contributed by atoms with Crippen molar-refractivity contribution in [1.82, 2.24) is 9.71 Å². The van der Waals surface area contributed by atoms with Crippen molar-refractivity contribution in [3.63, 3.8) is 0 Å². The SMILES string of the molecule is Cc1[nH]c(=O)sc1S(=O)(=O)NCC(C)C(C)C. The summed E-state index contributed by atoms with van der Waals surface area (Å²) in [6.07, 6.45) is 0. The Morgan fingerprint density at radius 3 is 2.35 bits per heavy atom. The average Bonchev–Trinajstić information content (AvgIpc) is 2.55.